The Labute approximate surface area is 121 Å². The zero-order chi connectivity index (χ0) is 15.7. The molecule has 0 radical (unpaired) electrons. The Balaban J connectivity index is 0.00000400. The first-order valence-corrected chi connectivity index (χ1v) is 5.20. The van der Waals surface area contributed by atoms with Gasteiger partial charge in [-0.15, -0.1) is 12.4 Å². The van der Waals surface area contributed by atoms with Gasteiger partial charge in [0.1, 0.15) is 12.4 Å². The average molecular weight is 342 g/mol. The molecule has 0 heterocycles. The lowest BCUT2D eigenvalue weighted by Crippen LogP contribution is -2.21. The lowest BCUT2D eigenvalue weighted by Gasteiger charge is -2.21. The Bertz CT molecular complexity index is 487. The third kappa shape index (κ3) is 4.37. The van der Waals surface area contributed by atoms with Gasteiger partial charge in [0.15, 0.2) is 0 Å². The van der Waals surface area contributed by atoms with Gasteiger partial charge in [0.25, 0.3) is 0 Å². The highest BCUT2D eigenvalue weighted by Crippen LogP contribution is 2.43. The lowest BCUT2D eigenvalue weighted by molar-refractivity contribution is -0.143. The Hall–Kier alpha value is -1.22. The van der Waals surface area contributed by atoms with Gasteiger partial charge >= 0.3 is 12.4 Å². The number of hydrogen-bond acceptors (Lipinski definition) is 2. The summed E-state index contributed by atoms with van der Waals surface area (Å²) in [5, 5.41) is 0. The number of nitrogens with two attached hydrogens (primary N) is 1. The van der Waals surface area contributed by atoms with Gasteiger partial charge < -0.3 is 10.5 Å². The summed E-state index contributed by atoms with van der Waals surface area (Å²) in [5.74, 6) is -0.753. The molecule has 1 aromatic carbocycles. The molecule has 1 aromatic rings. The molecule has 2 nitrogen and oxygen atoms in total. The number of benzene rings is 1. The van der Waals surface area contributed by atoms with Crippen molar-refractivity contribution in [3.63, 3.8) is 0 Å². The molecule has 0 aliphatic heterocycles. The van der Waals surface area contributed by atoms with Gasteiger partial charge in [0, 0.05) is 5.56 Å². The van der Waals surface area contributed by atoms with Crippen molar-refractivity contribution < 1.29 is 35.5 Å². The first-order chi connectivity index (χ1) is 9.02. The zero-order valence-corrected chi connectivity index (χ0v) is 11.3. The molecule has 0 bridgehead atoms. The van der Waals surface area contributed by atoms with Gasteiger partial charge in [0.05, 0.1) is 24.3 Å². The quantitative estimate of drug-likeness (QED) is 0.839. The van der Waals surface area contributed by atoms with Gasteiger partial charge in [-0.3, -0.25) is 0 Å². The van der Waals surface area contributed by atoms with Crippen molar-refractivity contribution >= 4 is 12.4 Å². The number of alkyl halides is 7. The molecular weight excluding hydrogens is 331 g/mol. The van der Waals surface area contributed by atoms with Crippen molar-refractivity contribution in [1.29, 1.82) is 0 Å². The Morgan fingerprint density at radius 1 is 1.10 bits per heavy atom. The molecule has 1 atom stereocenters. The molecule has 0 aliphatic rings. The van der Waals surface area contributed by atoms with Crippen LogP contribution >= 0.6 is 12.4 Å². The molecule has 10 heteroatoms. The normalized spacial score (nSPS) is 13.6. The highest BCUT2D eigenvalue weighted by atomic mass is 35.5. The van der Waals surface area contributed by atoms with E-state index < -0.39 is 47.5 Å². The summed E-state index contributed by atoms with van der Waals surface area (Å²) in [6.45, 7) is -1.37. The van der Waals surface area contributed by atoms with Crippen LogP contribution in [0, 0.1) is 0 Å². The van der Waals surface area contributed by atoms with E-state index in [9.17, 15) is 30.7 Å². The topological polar surface area (TPSA) is 35.2 Å². The van der Waals surface area contributed by atoms with Gasteiger partial charge in [-0.1, -0.05) is 0 Å². The molecule has 0 fully saturated rings. The standard InChI is InChI=1S/C11H10F7NO.ClH/c1-20-8-3-5(10(13,14)15)2-6(11(16,17)18)9(8)7(19)4-12;/h2-3,7H,4,19H2,1H3;1H/t7-;/m0./s1. The molecule has 0 saturated heterocycles. The number of methoxy groups -OCH3 is 1. The van der Waals surface area contributed by atoms with E-state index in [1.165, 1.54) is 0 Å². The summed E-state index contributed by atoms with van der Waals surface area (Å²) in [4.78, 5) is 0. The van der Waals surface area contributed by atoms with Crippen molar-refractivity contribution in [2.24, 2.45) is 5.73 Å². The Morgan fingerprint density at radius 3 is 1.95 bits per heavy atom. The first kappa shape index (κ1) is 19.8. The fourth-order valence-corrected chi connectivity index (χ4v) is 1.65. The molecule has 0 aromatic heterocycles. The molecule has 2 N–H and O–H groups in total. The maximum Gasteiger partial charge on any atom is 0.416 e. The van der Waals surface area contributed by atoms with Crippen LogP contribution in [0.4, 0.5) is 30.7 Å². The van der Waals surface area contributed by atoms with Crippen molar-refractivity contribution in [3.05, 3.63) is 28.8 Å². The zero-order valence-electron chi connectivity index (χ0n) is 10.5. The van der Waals surface area contributed by atoms with Crippen molar-refractivity contribution in [2.75, 3.05) is 13.8 Å². The average Bonchev–Trinajstić information content (AvgIpc) is 2.33. The molecule has 122 valence electrons. The summed E-state index contributed by atoms with van der Waals surface area (Å²) in [6, 6.07) is -1.48. The second-order valence-corrected chi connectivity index (χ2v) is 3.90. The van der Waals surface area contributed by atoms with Gasteiger partial charge in [-0.25, -0.2) is 4.39 Å². The first-order valence-electron chi connectivity index (χ1n) is 5.20. The van der Waals surface area contributed by atoms with Gasteiger partial charge in [-0.2, -0.15) is 26.3 Å². The second kappa shape index (κ2) is 6.69. The molecular formula is C11H11ClF7NO. The number of rotatable bonds is 3. The van der Waals surface area contributed by atoms with E-state index in [1.807, 2.05) is 0 Å². The molecule has 0 amide bonds. The fourth-order valence-electron chi connectivity index (χ4n) is 1.65. The summed E-state index contributed by atoms with van der Waals surface area (Å²) in [6.07, 6.45) is -10.1. The minimum Gasteiger partial charge on any atom is -0.496 e. The molecule has 0 spiro atoms. The second-order valence-electron chi connectivity index (χ2n) is 3.90. The number of ether oxygens (including phenoxy) is 1. The van der Waals surface area contributed by atoms with E-state index in [1.54, 1.807) is 0 Å². The van der Waals surface area contributed by atoms with Crippen LogP contribution in [-0.2, 0) is 12.4 Å². The van der Waals surface area contributed by atoms with Crippen LogP contribution in [-0.4, -0.2) is 13.8 Å². The summed E-state index contributed by atoms with van der Waals surface area (Å²) in [7, 11) is 0.879. The Morgan fingerprint density at radius 2 is 1.62 bits per heavy atom. The van der Waals surface area contributed by atoms with Gasteiger partial charge in [-0.05, 0) is 12.1 Å². The SMILES string of the molecule is COc1cc(C(F)(F)F)cc(C(F)(F)F)c1[C@@H](N)CF.Cl. The highest BCUT2D eigenvalue weighted by Gasteiger charge is 2.41. The van der Waals surface area contributed by atoms with Crippen LogP contribution in [0.1, 0.15) is 22.7 Å². The minimum atomic E-state index is -5.11. The molecule has 0 aliphatic carbocycles. The maximum absolute atomic E-state index is 12.8. The van der Waals surface area contributed by atoms with Crippen LogP contribution < -0.4 is 10.5 Å². The lowest BCUT2D eigenvalue weighted by atomic mass is 9.96. The van der Waals surface area contributed by atoms with Crippen molar-refractivity contribution in [3.8, 4) is 5.75 Å². The molecule has 0 unspecified atom stereocenters. The van der Waals surface area contributed by atoms with Crippen LogP contribution in [0.3, 0.4) is 0 Å². The largest absolute Gasteiger partial charge is 0.496 e. The predicted molar refractivity (Wildman–Crippen MR) is 63.1 cm³/mol. The maximum atomic E-state index is 12.8. The van der Waals surface area contributed by atoms with Crippen LogP contribution in [0.5, 0.6) is 5.75 Å². The third-order valence-corrected chi connectivity index (χ3v) is 2.53. The van der Waals surface area contributed by atoms with Gasteiger partial charge in [0.2, 0.25) is 0 Å². The smallest absolute Gasteiger partial charge is 0.416 e. The number of hydrogen-bond donors (Lipinski definition) is 1. The summed E-state index contributed by atoms with van der Waals surface area (Å²) >= 11 is 0. The molecule has 0 saturated carbocycles. The van der Waals surface area contributed by atoms with Crippen LogP contribution in [0.15, 0.2) is 12.1 Å². The highest BCUT2D eigenvalue weighted by molar-refractivity contribution is 5.85. The van der Waals surface area contributed by atoms with Crippen LogP contribution in [0.25, 0.3) is 0 Å². The minimum absolute atomic E-state index is 0. The van der Waals surface area contributed by atoms with E-state index in [2.05, 4.69) is 4.74 Å². The van der Waals surface area contributed by atoms with E-state index >= 15 is 0 Å². The fraction of sp³-hybridized carbons (Fsp3) is 0.455. The summed E-state index contributed by atoms with van der Waals surface area (Å²) < 4.78 is 93.2. The predicted octanol–water partition coefficient (Wildman–Crippen LogP) is 4.12. The van der Waals surface area contributed by atoms with E-state index in [0.717, 1.165) is 7.11 Å². The number of halogens is 8. The van der Waals surface area contributed by atoms with E-state index in [4.69, 9.17) is 5.73 Å². The van der Waals surface area contributed by atoms with E-state index in [-0.39, 0.29) is 18.5 Å². The monoisotopic (exact) mass is 341 g/mol. The van der Waals surface area contributed by atoms with Crippen molar-refractivity contribution in [1.82, 2.24) is 0 Å². The molecule has 21 heavy (non-hydrogen) atoms. The van der Waals surface area contributed by atoms with E-state index in [0.29, 0.717) is 6.07 Å². The van der Waals surface area contributed by atoms with Crippen molar-refractivity contribution in [2.45, 2.75) is 18.4 Å². The molecule has 1 rings (SSSR count). The summed E-state index contributed by atoms with van der Waals surface area (Å²) in [5.41, 5.74) is 1.15. The van der Waals surface area contributed by atoms with Crippen LogP contribution in [0.2, 0.25) is 0 Å². The third-order valence-electron chi connectivity index (χ3n) is 2.53. The Kier molecular flexibility index (Phi) is 6.31.